The lowest BCUT2D eigenvalue weighted by atomic mass is 10.1. The number of hydrogen-bond acceptors (Lipinski definition) is 5. The van der Waals surface area contributed by atoms with E-state index in [1.807, 2.05) is 4.72 Å². The van der Waals surface area contributed by atoms with Crippen molar-refractivity contribution in [2.75, 3.05) is 9.62 Å². The van der Waals surface area contributed by atoms with Crippen molar-refractivity contribution in [3.8, 4) is 0 Å². The number of carbonyl (C=O) groups is 2. The fraction of sp³-hybridized carbons (Fsp3) is 0.0500. The number of alkyl halides is 3. The first-order chi connectivity index (χ1) is 15.4. The SMILES string of the molecule is O=C1c2c(Cl)ccc(NS(=O)(=O)c3ccc(F)c(C(F)(F)F)c3)c2C(=O)N1c1cccnc1. The van der Waals surface area contributed by atoms with Gasteiger partial charge in [-0.05, 0) is 42.5 Å². The van der Waals surface area contributed by atoms with Gasteiger partial charge in [0.25, 0.3) is 21.8 Å². The van der Waals surface area contributed by atoms with Gasteiger partial charge in [0.2, 0.25) is 0 Å². The summed E-state index contributed by atoms with van der Waals surface area (Å²) in [6, 6.07) is 6.26. The highest BCUT2D eigenvalue weighted by atomic mass is 35.5. The van der Waals surface area contributed by atoms with Crippen LogP contribution in [0.15, 0.2) is 59.8 Å². The number of rotatable bonds is 4. The van der Waals surface area contributed by atoms with Crippen molar-refractivity contribution in [1.29, 1.82) is 0 Å². The molecule has 1 aromatic heterocycles. The zero-order chi connectivity index (χ0) is 24.1. The first-order valence-electron chi connectivity index (χ1n) is 8.92. The van der Waals surface area contributed by atoms with Crippen LogP contribution in [0.2, 0.25) is 5.02 Å². The van der Waals surface area contributed by atoms with Gasteiger partial charge in [-0.2, -0.15) is 13.2 Å². The summed E-state index contributed by atoms with van der Waals surface area (Å²) in [5, 5.41) is -0.140. The summed E-state index contributed by atoms with van der Waals surface area (Å²) in [6.45, 7) is 0. The third-order valence-electron chi connectivity index (χ3n) is 4.69. The largest absolute Gasteiger partial charge is 0.419 e. The Balaban J connectivity index is 1.79. The maximum absolute atomic E-state index is 13.6. The molecule has 13 heteroatoms. The molecule has 0 radical (unpaired) electrons. The fourth-order valence-corrected chi connectivity index (χ4v) is 4.56. The quantitative estimate of drug-likeness (QED) is 0.421. The van der Waals surface area contributed by atoms with E-state index in [0.717, 1.165) is 17.0 Å². The van der Waals surface area contributed by atoms with Crippen molar-refractivity contribution >= 4 is 44.8 Å². The lowest BCUT2D eigenvalue weighted by Crippen LogP contribution is -2.29. The van der Waals surface area contributed by atoms with Crippen molar-refractivity contribution in [2.24, 2.45) is 0 Å². The Kier molecular flexibility index (Phi) is 5.37. The fourth-order valence-electron chi connectivity index (χ4n) is 3.22. The summed E-state index contributed by atoms with van der Waals surface area (Å²) in [5.74, 6) is -3.41. The second kappa shape index (κ2) is 7.81. The molecule has 33 heavy (non-hydrogen) atoms. The molecule has 2 aromatic carbocycles. The van der Waals surface area contributed by atoms with Gasteiger partial charge in [-0.25, -0.2) is 17.7 Å². The summed E-state index contributed by atoms with van der Waals surface area (Å²) < 4.78 is 80.1. The minimum Gasteiger partial charge on any atom is -0.279 e. The molecule has 0 saturated carbocycles. The third-order valence-corrected chi connectivity index (χ3v) is 6.37. The minimum absolute atomic E-state index is 0.0990. The number of imide groups is 1. The van der Waals surface area contributed by atoms with Gasteiger partial charge in [-0.3, -0.25) is 19.3 Å². The lowest BCUT2D eigenvalue weighted by Gasteiger charge is -2.14. The summed E-state index contributed by atoms with van der Waals surface area (Å²) in [6.07, 6.45) is -2.49. The van der Waals surface area contributed by atoms with Gasteiger partial charge in [0.05, 0.1) is 44.2 Å². The van der Waals surface area contributed by atoms with Gasteiger partial charge in [0, 0.05) is 6.20 Å². The zero-order valence-corrected chi connectivity index (χ0v) is 17.6. The maximum atomic E-state index is 13.6. The summed E-state index contributed by atoms with van der Waals surface area (Å²) in [5.41, 5.74) is -2.75. The number of sulfonamides is 1. The average molecular weight is 500 g/mol. The number of nitrogens with one attached hydrogen (secondary N) is 1. The molecule has 0 aliphatic carbocycles. The molecule has 0 unspecified atom stereocenters. The normalized spacial score (nSPS) is 13.9. The standard InChI is InChI=1S/C20H10ClF4N3O4S/c21-13-4-6-15(17-16(13)18(29)28(19(17)30)10-2-1-7-26-9-10)27-33(31,32)11-3-5-14(22)12(8-11)20(23,24)25/h1-9,27H. The van der Waals surface area contributed by atoms with Crippen LogP contribution in [-0.4, -0.2) is 25.2 Å². The number of carbonyl (C=O) groups excluding carboxylic acids is 2. The van der Waals surface area contributed by atoms with Crippen LogP contribution in [0, 0.1) is 5.82 Å². The maximum Gasteiger partial charge on any atom is 0.419 e. The van der Waals surface area contributed by atoms with Gasteiger partial charge in [-0.1, -0.05) is 11.6 Å². The molecule has 1 N–H and O–H groups in total. The summed E-state index contributed by atoms with van der Waals surface area (Å²) in [4.78, 5) is 29.5. The second-order valence-corrected chi connectivity index (χ2v) is 8.84. The highest BCUT2D eigenvalue weighted by Gasteiger charge is 2.41. The molecule has 0 bridgehead atoms. The average Bonchev–Trinajstić information content (AvgIpc) is 3.01. The van der Waals surface area contributed by atoms with Crippen LogP contribution >= 0.6 is 11.6 Å². The van der Waals surface area contributed by atoms with E-state index in [9.17, 15) is 35.6 Å². The van der Waals surface area contributed by atoms with Gasteiger partial charge in [-0.15, -0.1) is 0 Å². The van der Waals surface area contributed by atoms with E-state index in [0.29, 0.717) is 12.1 Å². The van der Waals surface area contributed by atoms with Crippen LogP contribution in [0.25, 0.3) is 0 Å². The van der Waals surface area contributed by atoms with Gasteiger partial charge >= 0.3 is 6.18 Å². The zero-order valence-electron chi connectivity index (χ0n) is 16.0. The molecule has 7 nitrogen and oxygen atoms in total. The number of hydrogen-bond donors (Lipinski definition) is 1. The Labute approximate surface area is 188 Å². The van der Waals surface area contributed by atoms with E-state index in [2.05, 4.69) is 4.98 Å². The Morgan fingerprint density at radius 3 is 2.33 bits per heavy atom. The molecule has 3 aromatic rings. The van der Waals surface area contributed by atoms with Crippen molar-refractivity contribution in [2.45, 2.75) is 11.1 Å². The molecule has 170 valence electrons. The van der Waals surface area contributed by atoms with E-state index < -0.39 is 55.5 Å². The van der Waals surface area contributed by atoms with E-state index in [1.54, 1.807) is 0 Å². The monoisotopic (exact) mass is 499 g/mol. The van der Waals surface area contributed by atoms with Gasteiger partial charge < -0.3 is 0 Å². The molecule has 2 heterocycles. The molecule has 4 rings (SSSR count). The molecule has 0 atom stereocenters. The van der Waals surface area contributed by atoms with E-state index in [1.165, 1.54) is 24.5 Å². The Morgan fingerprint density at radius 1 is 1.00 bits per heavy atom. The predicted molar refractivity (Wildman–Crippen MR) is 109 cm³/mol. The summed E-state index contributed by atoms with van der Waals surface area (Å²) in [7, 11) is -4.72. The highest BCUT2D eigenvalue weighted by molar-refractivity contribution is 7.92. The number of aromatic nitrogens is 1. The molecular formula is C20H10ClF4N3O4S. The van der Waals surface area contributed by atoms with Crippen molar-refractivity contribution in [3.05, 3.63) is 82.4 Å². The second-order valence-electron chi connectivity index (χ2n) is 6.75. The Bertz CT molecular complexity index is 1410. The molecular weight excluding hydrogens is 490 g/mol. The number of fused-ring (bicyclic) bond motifs is 1. The Hall–Kier alpha value is -3.51. The number of amides is 2. The number of benzene rings is 2. The van der Waals surface area contributed by atoms with Crippen LogP contribution in [0.1, 0.15) is 26.3 Å². The molecule has 1 aliphatic heterocycles. The first kappa shape index (κ1) is 22.7. The van der Waals surface area contributed by atoms with Crippen molar-refractivity contribution in [3.63, 3.8) is 0 Å². The van der Waals surface area contributed by atoms with Crippen LogP contribution in [0.3, 0.4) is 0 Å². The molecule has 1 aliphatic rings. The van der Waals surface area contributed by atoms with Crippen LogP contribution in [0.5, 0.6) is 0 Å². The van der Waals surface area contributed by atoms with E-state index in [4.69, 9.17) is 11.6 Å². The third kappa shape index (κ3) is 3.91. The van der Waals surface area contributed by atoms with Gasteiger partial charge in [0.15, 0.2) is 0 Å². The van der Waals surface area contributed by atoms with Crippen LogP contribution in [0.4, 0.5) is 28.9 Å². The number of anilines is 2. The van der Waals surface area contributed by atoms with E-state index in [-0.39, 0.29) is 22.3 Å². The van der Waals surface area contributed by atoms with Crippen molar-refractivity contribution < 1.29 is 35.6 Å². The van der Waals surface area contributed by atoms with Crippen LogP contribution in [-0.2, 0) is 16.2 Å². The molecule has 2 amide bonds. The topological polar surface area (TPSA) is 96.4 Å². The minimum atomic E-state index is -5.14. The Morgan fingerprint density at radius 2 is 1.70 bits per heavy atom. The number of halogens is 5. The first-order valence-corrected chi connectivity index (χ1v) is 10.8. The number of nitrogens with zero attached hydrogens (tertiary/aromatic N) is 2. The highest BCUT2D eigenvalue weighted by Crippen LogP contribution is 2.38. The van der Waals surface area contributed by atoms with Gasteiger partial charge in [0.1, 0.15) is 5.82 Å². The predicted octanol–water partition coefficient (Wildman–Crippen LogP) is 4.49. The smallest absolute Gasteiger partial charge is 0.279 e. The molecule has 0 fully saturated rings. The lowest BCUT2D eigenvalue weighted by molar-refractivity contribution is -0.140. The van der Waals surface area contributed by atoms with Crippen LogP contribution < -0.4 is 9.62 Å². The number of pyridine rings is 1. The molecule has 0 spiro atoms. The van der Waals surface area contributed by atoms with E-state index >= 15 is 0 Å². The summed E-state index contributed by atoms with van der Waals surface area (Å²) >= 11 is 6.07. The van der Waals surface area contributed by atoms with Crippen molar-refractivity contribution in [1.82, 2.24) is 4.98 Å². The molecule has 0 saturated heterocycles.